The van der Waals surface area contributed by atoms with Crippen LogP contribution in [0.15, 0.2) is 21.5 Å². The fourth-order valence-corrected chi connectivity index (χ4v) is 1.85. The molecule has 0 radical (unpaired) electrons. The Balaban J connectivity index is 3.31. The maximum absolute atomic E-state index is 12.7. The maximum atomic E-state index is 12.7. The van der Waals surface area contributed by atoms with Crippen LogP contribution in [0.3, 0.4) is 0 Å². The number of hydrogen-bond acceptors (Lipinski definition) is 1. The molecule has 0 spiro atoms. The molecule has 0 aliphatic carbocycles. The summed E-state index contributed by atoms with van der Waals surface area (Å²) in [6, 6.07) is 3.24. The van der Waals surface area contributed by atoms with Crippen molar-refractivity contribution in [3.8, 4) is 0 Å². The summed E-state index contributed by atoms with van der Waals surface area (Å²) in [4.78, 5) is 0.629. The van der Waals surface area contributed by atoms with Gasteiger partial charge in [0.15, 0.2) is 0 Å². The summed E-state index contributed by atoms with van der Waals surface area (Å²) in [6.07, 6.45) is 0. The fourth-order valence-electron chi connectivity index (χ4n) is 0.542. The van der Waals surface area contributed by atoms with E-state index in [4.69, 9.17) is 0 Å². The van der Waals surface area contributed by atoms with Gasteiger partial charge in [0.1, 0.15) is 5.82 Å². The van der Waals surface area contributed by atoms with Crippen LogP contribution < -0.4 is 0 Å². The van der Waals surface area contributed by atoms with E-state index in [0.29, 0.717) is 9.37 Å². The average Bonchev–Trinajstić information content (AvgIpc) is 1.82. The highest BCUT2D eigenvalue weighted by Crippen LogP contribution is 2.25. The standard InChI is InChI=1S/C6H3BrFIS/c7-6-4(8)1-3(9)2-5(6)10/h1-2,10H. The molecule has 1 rings (SSSR count). The van der Waals surface area contributed by atoms with Crippen LogP contribution in [0.2, 0.25) is 0 Å². The van der Waals surface area contributed by atoms with Gasteiger partial charge in [-0.2, -0.15) is 0 Å². The average molecular weight is 333 g/mol. The van der Waals surface area contributed by atoms with Crippen molar-refractivity contribution >= 4 is 51.1 Å². The van der Waals surface area contributed by atoms with E-state index in [1.165, 1.54) is 6.07 Å². The SMILES string of the molecule is Fc1cc(I)cc(S)c1Br. The summed E-state index contributed by atoms with van der Waals surface area (Å²) in [5, 5.41) is 0. The molecule has 0 aliphatic rings. The van der Waals surface area contributed by atoms with Crippen LogP contribution in [0.25, 0.3) is 0 Å². The predicted molar refractivity (Wildman–Crippen MR) is 54.1 cm³/mol. The molecule has 0 atom stereocenters. The fraction of sp³-hybridized carbons (Fsp3) is 0. The summed E-state index contributed by atoms with van der Waals surface area (Å²) in [6.45, 7) is 0. The van der Waals surface area contributed by atoms with Gasteiger partial charge < -0.3 is 0 Å². The molecule has 1 aromatic carbocycles. The van der Waals surface area contributed by atoms with E-state index in [0.717, 1.165) is 3.57 Å². The van der Waals surface area contributed by atoms with Gasteiger partial charge in [-0.1, -0.05) is 0 Å². The zero-order chi connectivity index (χ0) is 7.72. The lowest BCUT2D eigenvalue weighted by molar-refractivity contribution is 0.615. The quantitative estimate of drug-likeness (QED) is 0.420. The first-order valence-corrected chi connectivity index (χ1v) is 4.76. The van der Waals surface area contributed by atoms with Gasteiger partial charge >= 0.3 is 0 Å². The highest BCUT2D eigenvalue weighted by atomic mass is 127. The topological polar surface area (TPSA) is 0 Å². The van der Waals surface area contributed by atoms with Gasteiger partial charge in [0.05, 0.1) is 4.47 Å². The first-order valence-electron chi connectivity index (χ1n) is 2.45. The minimum Gasteiger partial charge on any atom is -0.206 e. The Bertz CT molecular complexity index is 241. The van der Waals surface area contributed by atoms with Crippen molar-refractivity contribution in [1.82, 2.24) is 0 Å². The van der Waals surface area contributed by atoms with Crippen LogP contribution in [0.4, 0.5) is 4.39 Å². The molecule has 1 aromatic rings. The molecule has 0 heterocycles. The predicted octanol–water partition coefficient (Wildman–Crippen LogP) is 3.48. The molecule has 0 amide bonds. The lowest BCUT2D eigenvalue weighted by Gasteiger charge is -1.98. The third-order valence-corrected chi connectivity index (χ3v) is 3.06. The molecular formula is C6H3BrFIS. The molecular weight excluding hydrogens is 330 g/mol. The van der Waals surface area contributed by atoms with Crippen molar-refractivity contribution in [3.63, 3.8) is 0 Å². The van der Waals surface area contributed by atoms with Crippen molar-refractivity contribution in [3.05, 3.63) is 26.0 Å². The molecule has 10 heavy (non-hydrogen) atoms. The molecule has 4 heteroatoms. The van der Waals surface area contributed by atoms with Crippen molar-refractivity contribution < 1.29 is 4.39 Å². The zero-order valence-corrected chi connectivity index (χ0v) is 9.37. The van der Waals surface area contributed by atoms with Gasteiger partial charge in [-0.3, -0.25) is 0 Å². The first-order chi connectivity index (χ1) is 4.61. The largest absolute Gasteiger partial charge is 0.206 e. The first kappa shape index (κ1) is 8.80. The maximum Gasteiger partial charge on any atom is 0.139 e. The Labute approximate surface area is 85.9 Å². The normalized spacial score (nSPS) is 10.0. The van der Waals surface area contributed by atoms with Gasteiger partial charge in [0.25, 0.3) is 0 Å². The van der Waals surface area contributed by atoms with Gasteiger partial charge in [0, 0.05) is 8.47 Å². The molecule has 0 saturated carbocycles. The summed E-state index contributed by atoms with van der Waals surface area (Å²) in [5.74, 6) is -0.267. The highest BCUT2D eigenvalue weighted by molar-refractivity contribution is 14.1. The second-order valence-electron chi connectivity index (χ2n) is 1.72. The highest BCUT2D eigenvalue weighted by Gasteiger charge is 2.03. The number of hydrogen-bond donors (Lipinski definition) is 1. The number of rotatable bonds is 0. The van der Waals surface area contributed by atoms with Crippen LogP contribution in [0, 0.1) is 9.39 Å². The third kappa shape index (κ3) is 1.85. The van der Waals surface area contributed by atoms with E-state index in [-0.39, 0.29) is 5.82 Å². The summed E-state index contributed by atoms with van der Waals surface area (Å²) >= 11 is 9.14. The summed E-state index contributed by atoms with van der Waals surface area (Å²) in [7, 11) is 0. The van der Waals surface area contributed by atoms with Crippen LogP contribution >= 0.6 is 51.1 Å². The second-order valence-corrected chi connectivity index (χ2v) is 4.24. The van der Waals surface area contributed by atoms with E-state index < -0.39 is 0 Å². The summed E-state index contributed by atoms with van der Waals surface area (Å²) in [5.41, 5.74) is 0. The minimum atomic E-state index is -0.267. The Morgan fingerprint density at radius 1 is 1.50 bits per heavy atom. The number of benzene rings is 1. The van der Waals surface area contributed by atoms with Crippen LogP contribution in [-0.4, -0.2) is 0 Å². The van der Waals surface area contributed by atoms with E-state index in [2.05, 4.69) is 28.6 Å². The van der Waals surface area contributed by atoms with Crippen LogP contribution in [0.5, 0.6) is 0 Å². The Morgan fingerprint density at radius 2 is 2.10 bits per heavy atom. The second kappa shape index (κ2) is 3.40. The Hall–Kier alpha value is 0.710. The molecule has 0 aromatic heterocycles. The van der Waals surface area contributed by atoms with Crippen molar-refractivity contribution in [2.24, 2.45) is 0 Å². The van der Waals surface area contributed by atoms with Gasteiger partial charge in [-0.15, -0.1) is 12.6 Å². The van der Waals surface area contributed by atoms with Crippen LogP contribution in [-0.2, 0) is 0 Å². The van der Waals surface area contributed by atoms with Crippen molar-refractivity contribution in [1.29, 1.82) is 0 Å². The molecule has 0 aliphatic heterocycles. The van der Waals surface area contributed by atoms with E-state index in [1.54, 1.807) is 6.07 Å². The monoisotopic (exact) mass is 332 g/mol. The Morgan fingerprint density at radius 3 is 2.60 bits per heavy atom. The molecule has 0 fully saturated rings. The van der Waals surface area contributed by atoms with Crippen molar-refractivity contribution in [2.45, 2.75) is 4.90 Å². The Kier molecular flexibility index (Phi) is 3.00. The molecule has 54 valence electrons. The minimum absolute atomic E-state index is 0.267. The molecule has 0 unspecified atom stereocenters. The third-order valence-electron chi connectivity index (χ3n) is 0.974. The molecule has 0 nitrogen and oxygen atoms in total. The summed E-state index contributed by atoms with van der Waals surface area (Å²) < 4.78 is 14.0. The molecule has 0 saturated heterocycles. The van der Waals surface area contributed by atoms with Gasteiger partial charge in [0.2, 0.25) is 0 Å². The van der Waals surface area contributed by atoms with Gasteiger partial charge in [-0.25, -0.2) is 4.39 Å². The van der Waals surface area contributed by atoms with E-state index in [1.807, 2.05) is 22.6 Å². The van der Waals surface area contributed by atoms with E-state index >= 15 is 0 Å². The molecule has 0 bridgehead atoms. The molecule has 0 N–H and O–H groups in total. The van der Waals surface area contributed by atoms with Gasteiger partial charge in [-0.05, 0) is 50.7 Å². The van der Waals surface area contributed by atoms with Crippen molar-refractivity contribution in [2.75, 3.05) is 0 Å². The van der Waals surface area contributed by atoms with Crippen LogP contribution in [0.1, 0.15) is 0 Å². The smallest absolute Gasteiger partial charge is 0.139 e. The zero-order valence-electron chi connectivity index (χ0n) is 4.74. The number of halogens is 3. The lowest BCUT2D eigenvalue weighted by atomic mass is 10.3. The number of thiol groups is 1. The lowest BCUT2D eigenvalue weighted by Crippen LogP contribution is -1.81. The van der Waals surface area contributed by atoms with E-state index in [9.17, 15) is 4.39 Å².